The number of hydrogen-bond donors (Lipinski definition) is 0. The molecule has 2 amide bonds. The Morgan fingerprint density at radius 3 is 2.37 bits per heavy atom. The molecule has 0 aromatic heterocycles. The number of esters is 1. The predicted molar refractivity (Wildman–Crippen MR) is 65.9 cm³/mol. The average Bonchev–Trinajstić information content (AvgIpc) is 2.65. The first-order chi connectivity index (χ1) is 8.97. The molecular formula is C13H19NO5. The van der Waals surface area contributed by atoms with Gasteiger partial charge in [-0.25, -0.2) is 0 Å². The number of ketones is 1. The highest BCUT2D eigenvalue weighted by atomic mass is 16.5. The first-order valence-corrected chi connectivity index (χ1v) is 6.51. The van der Waals surface area contributed by atoms with Crippen LogP contribution in [0.3, 0.4) is 0 Å². The van der Waals surface area contributed by atoms with Crippen molar-refractivity contribution in [3.8, 4) is 0 Å². The Kier molecular flexibility index (Phi) is 5.20. The summed E-state index contributed by atoms with van der Waals surface area (Å²) in [5, 5.41) is 0. The van der Waals surface area contributed by atoms with E-state index in [0.29, 0.717) is 0 Å². The zero-order chi connectivity index (χ0) is 14.6. The van der Waals surface area contributed by atoms with E-state index in [9.17, 15) is 19.2 Å². The Balaban J connectivity index is 3.00. The lowest BCUT2D eigenvalue weighted by molar-refractivity contribution is -0.157. The van der Waals surface area contributed by atoms with E-state index in [4.69, 9.17) is 4.74 Å². The van der Waals surface area contributed by atoms with Crippen LogP contribution in [-0.4, -0.2) is 41.6 Å². The van der Waals surface area contributed by atoms with Gasteiger partial charge in [0.05, 0.1) is 12.5 Å². The summed E-state index contributed by atoms with van der Waals surface area (Å²) in [6.45, 7) is 5.32. The van der Waals surface area contributed by atoms with Crippen LogP contribution in [0.15, 0.2) is 0 Å². The summed E-state index contributed by atoms with van der Waals surface area (Å²) in [5.41, 5.74) is 0. The van der Waals surface area contributed by atoms with Gasteiger partial charge in [-0.3, -0.25) is 24.1 Å². The second kappa shape index (κ2) is 6.45. The molecule has 1 unspecified atom stereocenters. The summed E-state index contributed by atoms with van der Waals surface area (Å²) in [6.07, 6.45) is 0.0372. The number of rotatable bonds is 6. The van der Waals surface area contributed by atoms with E-state index >= 15 is 0 Å². The van der Waals surface area contributed by atoms with Crippen LogP contribution < -0.4 is 0 Å². The Morgan fingerprint density at radius 1 is 1.32 bits per heavy atom. The molecule has 1 heterocycles. The molecule has 1 aliphatic rings. The van der Waals surface area contributed by atoms with Crippen molar-refractivity contribution in [3.05, 3.63) is 0 Å². The van der Waals surface area contributed by atoms with Gasteiger partial charge in [-0.2, -0.15) is 0 Å². The van der Waals surface area contributed by atoms with Crippen molar-refractivity contribution in [1.82, 2.24) is 4.90 Å². The smallest absolute Gasteiger partial charge is 0.317 e. The molecule has 0 spiro atoms. The molecule has 0 bridgehead atoms. The van der Waals surface area contributed by atoms with Crippen LogP contribution in [0.5, 0.6) is 0 Å². The van der Waals surface area contributed by atoms with Crippen molar-refractivity contribution in [1.29, 1.82) is 0 Å². The molecule has 2 atom stereocenters. The van der Waals surface area contributed by atoms with Crippen LogP contribution in [0.2, 0.25) is 0 Å². The van der Waals surface area contributed by atoms with Gasteiger partial charge < -0.3 is 4.74 Å². The standard InChI is InChI=1S/C13H19NO5/c1-4-9(15)11(13(18)19-6-3)8-7-10(16)14(5-2)12(8)17/h8,11H,4-7H2,1-3H3/t8-,11?/m0/s1. The number of carbonyl (C=O) groups excluding carboxylic acids is 4. The molecule has 6 heteroatoms. The molecule has 1 rings (SSSR count). The number of hydrogen-bond acceptors (Lipinski definition) is 5. The summed E-state index contributed by atoms with van der Waals surface area (Å²) >= 11 is 0. The third-order valence-electron chi connectivity index (χ3n) is 3.23. The summed E-state index contributed by atoms with van der Waals surface area (Å²) in [7, 11) is 0. The van der Waals surface area contributed by atoms with Gasteiger partial charge in [-0.1, -0.05) is 6.92 Å². The molecular weight excluding hydrogens is 250 g/mol. The van der Waals surface area contributed by atoms with Crippen molar-refractivity contribution >= 4 is 23.6 Å². The minimum absolute atomic E-state index is 0.0953. The predicted octanol–water partition coefficient (Wildman–Crippen LogP) is 0.540. The molecule has 1 aliphatic heterocycles. The molecule has 0 saturated carbocycles. The van der Waals surface area contributed by atoms with Gasteiger partial charge in [0.15, 0.2) is 0 Å². The monoisotopic (exact) mass is 269 g/mol. The first kappa shape index (κ1) is 15.3. The van der Waals surface area contributed by atoms with E-state index in [-0.39, 0.29) is 37.7 Å². The molecule has 1 fully saturated rings. The second-order valence-electron chi connectivity index (χ2n) is 4.34. The van der Waals surface area contributed by atoms with Crippen LogP contribution in [0.4, 0.5) is 0 Å². The van der Waals surface area contributed by atoms with Crippen LogP contribution in [0, 0.1) is 11.8 Å². The molecule has 1 saturated heterocycles. The number of nitrogens with zero attached hydrogens (tertiary/aromatic N) is 1. The van der Waals surface area contributed by atoms with Gasteiger partial charge in [0.1, 0.15) is 11.7 Å². The maximum absolute atomic E-state index is 12.1. The number of imide groups is 1. The van der Waals surface area contributed by atoms with Crippen molar-refractivity contribution in [3.63, 3.8) is 0 Å². The highest BCUT2D eigenvalue weighted by Gasteiger charge is 2.47. The van der Waals surface area contributed by atoms with E-state index in [1.807, 2.05) is 0 Å². The highest BCUT2D eigenvalue weighted by Crippen LogP contribution is 2.29. The van der Waals surface area contributed by atoms with Crippen LogP contribution in [0.1, 0.15) is 33.6 Å². The molecule has 0 aromatic carbocycles. The Bertz CT molecular complexity index is 404. The van der Waals surface area contributed by atoms with Gasteiger partial charge in [-0.05, 0) is 13.8 Å². The minimum atomic E-state index is -1.15. The summed E-state index contributed by atoms with van der Waals surface area (Å²) in [4.78, 5) is 48.5. The van der Waals surface area contributed by atoms with Crippen molar-refractivity contribution in [2.45, 2.75) is 33.6 Å². The Hall–Kier alpha value is -1.72. The van der Waals surface area contributed by atoms with E-state index in [2.05, 4.69) is 0 Å². The van der Waals surface area contributed by atoms with Gasteiger partial charge in [0, 0.05) is 19.4 Å². The van der Waals surface area contributed by atoms with Gasteiger partial charge >= 0.3 is 5.97 Å². The number of ether oxygens (including phenoxy) is 1. The molecule has 0 N–H and O–H groups in total. The maximum Gasteiger partial charge on any atom is 0.317 e. The zero-order valence-corrected chi connectivity index (χ0v) is 11.5. The molecule has 106 valence electrons. The third-order valence-corrected chi connectivity index (χ3v) is 3.23. The lowest BCUT2D eigenvalue weighted by atomic mass is 9.86. The maximum atomic E-state index is 12.1. The van der Waals surface area contributed by atoms with Crippen molar-refractivity contribution in [2.24, 2.45) is 11.8 Å². The van der Waals surface area contributed by atoms with E-state index in [0.717, 1.165) is 4.90 Å². The average molecular weight is 269 g/mol. The number of amides is 2. The van der Waals surface area contributed by atoms with Crippen molar-refractivity contribution < 1.29 is 23.9 Å². The van der Waals surface area contributed by atoms with Crippen molar-refractivity contribution in [2.75, 3.05) is 13.2 Å². The van der Waals surface area contributed by atoms with E-state index in [1.165, 1.54) is 0 Å². The fourth-order valence-corrected chi connectivity index (χ4v) is 2.27. The van der Waals surface area contributed by atoms with E-state index < -0.39 is 23.7 Å². The lowest BCUT2D eigenvalue weighted by Crippen LogP contribution is -2.38. The van der Waals surface area contributed by atoms with Crippen LogP contribution in [0.25, 0.3) is 0 Å². The van der Waals surface area contributed by atoms with E-state index in [1.54, 1.807) is 20.8 Å². The van der Waals surface area contributed by atoms with Gasteiger partial charge in [-0.15, -0.1) is 0 Å². The van der Waals surface area contributed by atoms with Crippen LogP contribution >= 0.6 is 0 Å². The Labute approximate surface area is 112 Å². The SMILES string of the molecule is CCOC(=O)C(C(=O)CC)[C@@H]1CC(=O)N(CC)C1=O. The lowest BCUT2D eigenvalue weighted by Gasteiger charge is -2.19. The van der Waals surface area contributed by atoms with Gasteiger partial charge in [0.25, 0.3) is 0 Å². The Morgan fingerprint density at radius 2 is 1.95 bits per heavy atom. The first-order valence-electron chi connectivity index (χ1n) is 6.51. The molecule has 19 heavy (non-hydrogen) atoms. The molecule has 6 nitrogen and oxygen atoms in total. The summed E-state index contributed by atoms with van der Waals surface area (Å²) < 4.78 is 4.85. The summed E-state index contributed by atoms with van der Waals surface area (Å²) in [5.74, 6) is -3.92. The third kappa shape index (κ3) is 3.00. The van der Waals surface area contributed by atoms with Crippen LogP contribution in [-0.2, 0) is 23.9 Å². The molecule has 0 aromatic rings. The topological polar surface area (TPSA) is 80.8 Å². The normalized spacial score (nSPS) is 20.6. The largest absolute Gasteiger partial charge is 0.465 e. The minimum Gasteiger partial charge on any atom is -0.465 e. The molecule has 0 aliphatic carbocycles. The summed E-state index contributed by atoms with van der Waals surface area (Å²) in [6, 6.07) is 0. The fourth-order valence-electron chi connectivity index (χ4n) is 2.27. The second-order valence-corrected chi connectivity index (χ2v) is 4.34. The zero-order valence-electron chi connectivity index (χ0n) is 11.5. The molecule has 0 radical (unpaired) electrons. The number of Topliss-reactive ketones (excluding diaryl/α,β-unsaturated/α-hetero) is 1. The number of likely N-dealkylation sites (tertiary alicyclic amines) is 1. The quantitative estimate of drug-likeness (QED) is 0.399. The van der Waals surface area contributed by atoms with Gasteiger partial charge in [0.2, 0.25) is 11.8 Å². The number of carbonyl (C=O) groups is 4. The fraction of sp³-hybridized carbons (Fsp3) is 0.692. The highest BCUT2D eigenvalue weighted by molar-refractivity contribution is 6.10.